The number of hydrogen-bond donors (Lipinski definition) is 1. The molecule has 2 nitrogen and oxygen atoms in total. The predicted octanol–water partition coefficient (Wildman–Crippen LogP) is 7.35. The molecule has 4 rings (SSSR count). The highest BCUT2D eigenvalue weighted by Gasteiger charge is 2.37. The number of benzene rings is 3. The zero-order valence-corrected chi connectivity index (χ0v) is 17.8. The van der Waals surface area contributed by atoms with E-state index in [-0.39, 0.29) is 16.4 Å². The van der Waals surface area contributed by atoms with Crippen LogP contribution >= 0.6 is 11.6 Å². The molecule has 0 radical (unpaired) electrons. The Hall–Kier alpha value is -2.39. The Balaban J connectivity index is 1.91. The fraction of sp³-hybridized carbons (Fsp3) is 0.320. The number of carbonyl (C=O) groups is 1. The predicted molar refractivity (Wildman–Crippen MR) is 117 cm³/mol. The molecule has 0 heterocycles. The van der Waals surface area contributed by atoms with Crippen LogP contribution in [-0.4, -0.2) is 11.1 Å². The van der Waals surface area contributed by atoms with Crippen molar-refractivity contribution in [3.63, 3.8) is 0 Å². The number of rotatable bonds is 2. The van der Waals surface area contributed by atoms with Gasteiger partial charge in [-0.25, -0.2) is 9.18 Å². The number of aromatic carboxylic acids is 1. The quantitative estimate of drug-likeness (QED) is 0.479. The van der Waals surface area contributed by atoms with Gasteiger partial charge in [-0.3, -0.25) is 0 Å². The second-order valence-corrected chi connectivity index (χ2v) is 9.75. The molecule has 1 aliphatic carbocycles. The van der Waals surface area contributed by atoms with Crippen LogP contribution in [-0.2, 0) is 10.8 Å². The second-order valence-electron chi connectivity index (χ2n) is 9.34. The minimum Gasteiger partial charge on any atom is -0.478 e. The van der Waals surface area contributed by atoms with Gasteiger partial charge in [0.05, 0.1) is 5.56 Å². The maximum atomic E-state index is 14.6. The molecule has 3 aromatic rings. The van der Waals surface area contributed by atoms with E-state index in [4.69, 9.17) is 16.7 Å². The van der Waals surface area contributed by atoms with Gasteiger partial charge >= 0.3 is 5.97 Å². The molecule has 0 fully saturated rings. The molecule has 0 unspecified atom stereocenters. The molecule has 0 bridgehead atoms. The zero-order chi connectivity index (χ0) is 21.1. The van der Waals surface area contributed by atoms with Crippen LogP contribution in [0.1, 0.15) is 62.0 Å². The standard InChI is InChI=1S/C25H24ClFO2/c1-24(2)7-8-25(3,4)20-13-21(26)17(12-19(20)24)15-6-5-14-9-16(23(28)29)11-22(27)18(14)10-15/h5-6,9-13H,7-8H2,1-4H3,(H,28,29). The lowest BCUT2D eigenvalue weighted by Gasteiger charge is -2.42. The topological polar surface area (TPSA) is 37.3 Å². The van der Waals surface area contributed by atoms with Crippen LogP contribution < -0.4 is 0 Å². The van der Waals surface area contributed by atoms with E-state index in [2.05, 4.69) is 39.8 Å². The monoisotopic (exact) mass is 410 g/mol. The molecular formula is C25H24ClFO2. The average molecular weight is 411 g/mol. The van der Waals surface area contributed by atoms with Gasteiger partial charge in [0.15, 0.2) is 0 Å². The molecule has 29 heavy (non-hydrogen) atoms. The Morgan fingerprint density at radius 2 is 1.59 bits per heavy atom. The Bertz CT molecular complexity index is 1160. The van der Waals surface area contributed by atoms with Crippen LogP contribution in [0.5, 0.6) is 0 Å². The van der Waals surface area contributed by atoms with Crippen molar-refractivity contribution in [2.45, 2.75) is 51.4 Å². The van der Waals surface area contributed by atoms with Crippen molar-refractivity contribution in [3.8, 4) is 11.1 Å². The van der Waals surface area contributed by atoms with Crippen molar-refractivity contribution in [1.29, 1.82) is 0 Å². The van der Waals surface area contributed by atoms with E-state index in [0.717, 1.165) is 30.0 Å². The van der Waals surface area contributed by atoms with Gasteiger partial charge in [-0.15, -0.1) is 0 Å². The van der Waals surface area contributed by atoms with Crippen LogP contribution in [0.4, 0.5) is 4.39 Å². The summed E-state index contributed by atoms with van der Waals surface area (Å²) in [6, 6.07) is 12.2. The van der Waals surface area contributed by atoms with Crippen molar-refractivity contribution in [3.05, 3.63) is 70.0 Å². The van der Waals surface area contributed by atoms with Gasteiger partial charge in [0, 0.05) is 16.0 Å². The minimum atomic E-state index is -1.14. The van der Waals surface area contributed by atoms with Gasteiger partial charge in [-0.1, -0.05) is 51.4 Å². The van der Waals surface area contributed by atoms with Crippen molar-refractivity contribution in [2.75, 3.05) is 0 Å². The molecule has 0 saturated heterocycles. The lowest BCUT2D eigenvalue weighted by Crippen LogP contribution is -2.33. The van der Waals surface area contributed by atoms with Gasteiger partial charge in [0.1, 0.15) is 5.82 Å². The Kier molecular flexibility index (Phi) is 4.51. The second kappa shape index (κ2) is 6.56. The van der Waals surface area contributed by atoms with Gasteiger partial charge in [-0.2, -0.15) is 0 Å². The molecule has 1 aliphatic rings. The van der Waals surface area contributed by atoms with E-state index >= 15 is 0 Å². The lowest BCUT2D eigenvalue weighted by atomic mass is 9.63. The maximum Gasteiger partial charge on any atom is 0.335 e. The van der Waals surface area contributed by atoms with E-state index in [1.165, 1.54) is 17.2 Å². The molecule has 0 amide bonds. The van der Waals surface area contributed by atoms with E-state index in [1.807, 2.05) is 6.07 Å². The van der Waals surface area contributed by atoms with E-state index in [1.54, 1.807) is 12.1 Å². The summed E-state index contributed by atoms with van der Waals surface area (Å²) < 4.78 is 14.6. The van der Waals surface area contributed by atoms with Crippen LogP contribution in [0.2, 0.25) is 5.02 Å². The summed E-state index contributed by atoms with van der Waals surface area (Å²) in [5, 5.41) is 10.8. The van der Waals surface area contributed by atoms with Crippen molar-refractivity contribution in [2.24, 2.45) is 0 Å². The molecule has 150 valence electrons. The van der Waals surface area contributed by atoms with Gasteiger partial charge in [-0.05, 0) is 76.1 Å². The number of fused-ring (bicyclic) bond motifs is 2. The van der Waals surface area contributed by atoms with E-state index in [9.17, 15) is 9.18 Å². The molecule has 1 N–H and O–H groups in total. The molecule has 4 heteroatoms. The molecule has 0 atom stereocenters. The van der Waals surface area contributed by atoms with E-state index < -0.39 is 11.8 Å². The fourth-order valence-corrected chi connectivity index (χ4v) is 4.68. The van der Waals surface area contributed by atoms with Crippen molar-refractivity contribution in [1.82, 2.24) is 0 Å². The van der Waals surface area contributed by atoms with E-state index in [0.29, 0.717) is 15.8 Å². The third-order valence-corrected chi connectivity index (χ3v) is 6.71. The molecule has 0 spiro atoms. The maximum absolute atomic E-state index is 14.6. The summed E-state index contributed by atoms with van der Waals surface area (Å²) in [4.78, 5) is 11.2. The van der Waals surface area contributed by atoms with Gasteiger partial charge in [0.25, 0.3) is 0 Å². The average Bonchev–Trinajstić information content (AvgIpc) is 2.65. The van der Waals surface area contributed by atoms with Crippen LogP contribution in [0.25, 0.3) is 21.9 Å². The first-order valence-corrected chi connectivity index (χ1v) is 10.2. The molecule has 3 aromatic carbocycles. The lowest BCUT2D eigenvalue weighted by molar-refractivity contribution is 0.0696. The van der Waals surface area contributed by atoms with Crippen molar-refractivity contribution < 1.29 is 14.3 Å². The fourth-order valence-electron chi connectivity index (χ4n) is 4.41. The third-order valence-electron chi connectivity index (χ3n) is 6.40. The summed E-state index contributed by atoms with van der Waals surface area (Å²) in [6.45, 7) is 9.02. The summed E-state index contributed by atoms with van der Waals surface area (Å²) in [6.07, 6.45) is 2.20. The smallest absolute Gasteiger partial charge is 0.335 e. The minimum absolute atomic E-state index is 0.0443. The highest BCUT2D eigenvalue weighted by atomic mass is 35.5. The SMILES string of the molecule is CC1(C)CCC(C)(C)c2cc(-c3ccc4cc(C(=O)O)cc(F)c4c3)c(Cl)cc21. The van der Waals surface area contributed by atoms with Gasteiger partial charge < -0.3 is 5.11 Å². The summed E-state index contributed by atoms with van der Waals surface area (Å²) in [5.74, 6) is -1.69. The molecular weight excluding hydrogens is 387 g/mol. The third kappa shape index (κ3) is 3.32. The number of hydrogen-bond acceptors (Lipinski definition) is 1. The Morgan fingerprint density at radius 3 is 2.21 bits per heavy atom. The molecule has 0 aliphatic heterocycles. The van der Waals surface area contributed by atoms with Crippen LogP contribution in [0.3, 0.4) is 0 Å². The number of carboxylic acid groups (broad SMARTS) is 1. The van der Waals surface area contributed by atoms with Crippen molar-refractivity contribution >= 4 is 28.3 Å². The summed E-state index contributed by atoms with van der Waals surface area (Å²) in [7, 11) is 0. The first-order chi connectivity index (χ1) is 13.5. The first-order valence-electron chi connectivity index (χ1n) is 9.81. The molecule has 0 saturated carbocycles. The molecule has 0 aromatic heterocycles. The largest absolute Gasteiger partial charge is 0.478 e. The first kappa shape index (κ1) is 19.9. The summed E-state index contributed by atoms with van der Waals surface area (Å²) >= 11 is 6.70. The van der Waals surface area contributed by atoms with Gasteiger partial charge in [0.2, 0.25) is 0 Å². The normalized spacial score (nSPS) is 17.2. The highest BCUT2D eigenvalue weighted by Crippen LogP contribution is 2.48. The Labute approximate surface area is 175 Å². The van der Waals surface area contributed by atoms with Crippen LogP contribution in [0.15, 0.2) is 42.5 Å². The number of carboxylic acids is 1. The summed E-state index contributed by atoms with van der Waals surface area (Å²) in [5.41, 5.74) is 4.32. The van der Waals surface area contributed by atoms with Crippen LogP contribution in [0, 0.1) is 5.82 Å². The highest BCUT2D eigenvalue weighted by molar-refractivity contribution is 6.33. The Morgan fingerprint density at radius 1 is 0.966 bits per heavy atom. The zero-order valence-electron chi connectivity index (χ0n) is 17.1. The number of halogens is 2.